The third kappa shape index (κ3) is 6.47. The molecule has 22 heavy (non-hydrogen) atoms. The zero-order valence-electron chi connectivity index (χ0n) is 12.4. The van der Waals surface area contributed by atoms with Gasteiger partial charge in [-0.1, -0.05) is 19.1 Å². The van der Waals surface area contributed by atoms with E-state index in [9.17, 15) is 18.0 Å². The van der Waals surface area contributed by atoms with Crippen LogP contribution in [0.4, 0.5) is 18.9 Å². The molecule has 0 bridgehead atoms. The number of hydrogen-bond donors (Lipinski definition) is 2. The molecule has 0 saturated heterocycles. The molecule has 0 saturated carbocycles. The first kappa shape index (κ1) is 17.8. The molecule has 122 valence electrons. The standard InChI is InChI=1S/C14H19F3N4O/c1-3-10-4-6-11(7-5-10)20-13(18)19-8-12(22)21(2)9-14(15,16)17/h4-7H,3,8-9H2,1-2H3,(H3,18,19,20). The molecule has 0 aliphatic heterocycles. The summed E-state index contributed by atoms with van der Waals surface area (Å²) in [4.78, 5) is 15.8. The molecule has 0 radical (unpaired) electrons. The Morgan fingerprint density at radius 3 is 2.41 bits per heavy atom. The molecular weight excluding hydrogens is 297 g/mol. The predicted molar refractivity (Wildman–Crippen MR) is 79.6 cm³/mol. The molecule has 8 heteroatoms. The van der Waals surface area contributed by atoms with Crippen LogP contribution in [0.2, 0.25) is 0 Å². The fourth-order valence-electron chi connectivity index (χ4n) is 1.64. The Morgan fingerprint density at radius 1 is 1.32 bits per heavy atom. The normalized spacial score (nSPS) is 12.1. The molecule has 5 nitrogen and oxygen atoms in total. The van der Waals surface area contributed by atoms with Gasteiger partial charge in [0, 0.05) is 12.7 Å². The maximum absolute atomic E-state index is 12.1. The summed E-state index contributed by atoms with van der Waals surface area (Å²) in [7, 11) is 1.07. The molecule has 0 atom stereocenters. The number of carbonyl (C=O) groups is 1. The second-order valence-electron chi connectivity index (χ2n) is 4.74. The van der Waals surface area contributed by atoms with E-state index >= 15 is 0 Å². The molecule has 1 rings (SSSR count). The first-order valence-electron chi connectivity index (χ1n) is 6.68. The van der Waals surface area contributed by atoms with Gasteiger partial charge in [-0.2, -0.15) is 13.2 Å². The second kappa shape index (κ2) is 7.67. The Morgan fingerprint density at radius 2 is 1.91 bits per heavy atom. The first-order valence-corrected chi connectivity index (χ1v) is 6.68. The van der Waals surface area contributed by atoms with E-state index in [1.165, 1.54) is 0 Å². The topological polar surface area (TPSA) is 70.7 Å². The second-order valence-corrected chi connectivity index (χ2v) is 4.74. The van der Waals surface area contributed by atoms with Crippen molar-refractivity contribution in [1.29, 1.82) is 0 Å². The lowest BCUT2D eigenvalue weighted by molar-refractivity contribution is -0.157. The predicted octanol–water partition coefficient (Wildman–Crippen LogP) is 2.00. The van der Waals surface area contributed by atoms with Crippen LogP contribution in [0.1, 0.15) is 12.5 Å². The van der Waals surface area contributed by atoms with Gasteiger partial charge in [-0.05, 0) is 24.1 Å². The highest BCUT2D eigenvalue weighted by atomic mass is 19.4. The van der Waals surface area contributed by atoms with Crippen molar-refractivity contribution in [3.8, 4) is 0 Å². The lowest BCUT2D eigenvalue weighted by atomic mass is 10.1. The third-order valence-electron chi connectivity index (χ3n) is 2.86. The number of guanidine groups is 1. The number of likely N-dealkylation sites (N-methyl/N-ethyl adjacent to an activating group) is 1. The van der Waals surface area contributed by atoms with E-state index in [4.69, 9.17) is 5.73 Å². The third-order valence-corrected chi connectivity index (χ3v) is 2.86. The van der Waals surface area contributed by atoms with Gasteiger partial charge in [0.15, 0.2) is 5.96 Å². The van der Waals surface area contributed by atoms with Crippen molar-refractivity contribution in [2.24, 2.45) is 10.7 Å². The number of anilines is 1. The quantitative estimate of drug-likeness (QED) is 0.645. The Balaban J connectivity index is 2.52. The van der Waals surface area contributed by atoms with Crippen LogP contribution in [0.3, 0.4) is 0 Å². The summed E-state index contributed by atoms with van der Waals surface area (Å²) < 4.78 is 36.4. The van der Waals surface area contributed by atoms with Crippen molar-refractivity contribution in [3.05, 3.63) is 29.8 Å². The Bertz CT molecular complexity index is 526. The molecule has 1 aromatic rings. The van der Waals surface area contributed by atoms with Crippen molar-refractivity contribution >= 4 is 17.6 Å². The number of alkyl halides is 3. The van der Waals surface area contributed by atoms with Gasteiger partial charge in [0.05, 0.1) is 0 Å². The maximum Gasteiger partial charge on any atom is 0.406 e. The van der Waals surface area contributed by atoms with Gasteiger partial charge in [-0.3, -0.25) is 4.79 Å². The van der Waals surface area contributed by atoms with E-state index in [0.29, 0.717) is 10.6 Å². The monoisotopic (exact) mass is 316 g/mol. The van der Waals surface area contributed by atoms with Crippen LogP contribution >= 0.6 is 0 Å². The number of nitrogens with zero attached hydrogens (tertiary/aromatic N) is 2. The lowest BCUT2D eigenvalue weighted by Crippen LogP contribution is -2.37. The summed E-state index contributed by atoms with van der Waals surface area (Å²) in [6.45, 7) is 0.271. The van der Waals surface area contributed by atoms with Crippen LogP contribution in [0.5, 0.6) is 0 Å². The summed E-state index contributed by atoms with van der Waals surface area (Å²) in [5, 5.41) is 2.77. The molecule has 0 spiro atoms. The summed E-state index contributed by atoms with van der Waals surface area (Å²) in [5.74, 6) is -0.790. The zero-order chi connectivity index (χ0) is 16.8. The minimum absolute atomic E-state index is 0.0296. The zero-order valence-corrected chi connectivity index (χ0v) is 12.4. The molecule has 0 heterocycles. The maximum atomic E-state index is 12.1. The van der Waals surface area contributed by atoms with Crippen LogP contribution in [0.15, 0.2) is 29.3 Å². The molecule has 1 aromatic carbocycles. The molecule has 0 aromatic heterocycles. The SMILES string of the molecule is CCc1ccc(NC(N)=NCC(=O)N(C)CC(F)(F)F)cc1. The number of halogens is 3. The average molecular weight is 316 g/mol. The number of hydrogen-bond acceptors (Lipinski definition) is 2. The van der Waals surface area contributed by atoms with Gasteiger partial charge < -0.3 is 16.0 Å². The number of aryl methyl sites for hydroxylation is 1. The number of aliphatic imine (C=N–C) groups is 1. The number of amides is 1. The summed E-state index contributed by atoms with van der Waals surface area (Å²) in [5.41, 5.74) is 7.44. The molecule has 0 aliphatic rings. The van der Waals surface area contributed by atoms with Crippen molar-refractivity contribution in [3.63, 3.8) is 0 Å². The first-order chi connectivity index (χ1) is 10.2. The fraction of sp³-hybridized carbons (Fsp3) is 0.429. The van der Waals surface area contributed by atoms with E-state index in [1.807, 2.05) is 19.1 Å². The van der Waals surface area contributed by atoms with Crippen LogP contribution < -0.4 is 11.1 Å². The van der Waals surface area contributed by atoms with Gasteiger partial charge in [-0.15, -0.1) is 0 Å². The van der Waals surface area contributed by atoms with E-state index in [0.717, 1.165) is 19.0 Å². The van der Waals surface area contributed by atoms with Crippen LogP contribution in [-0.2, 0) is 11.2 Å². The van der Waals surface area contributed by atoms with Crippen molar-refractivity contribution in [1.82, 2.24) is 4.90 Å². The fourth-order valence-corrected chi connectivity index (χ4v) is 1.64. The molecule has 0 aliphatic carbocycles. The van der Waals surface area contributed by atoms with Crippen molar-refractivity contribution < 1.29 is 18.0 Å². The van der Waals surface area contributed by atoms with E-state index in [2.05, 4.69) is 10.3 Å². The molecule has 0 fully saturated rings. The smallest absolute Gasteiger partial charge is 0.370 e. The van der Waals surface area contributed by atoms with Crippen LogP contribution in [0, 0.1) is 0 Å². The molecule has 3 N–H and O–H groups in total. The van der Waals surface area contributed by atoms with E-state index in [1.54, 1.807) is 12.1 Å². The van der Waals surface area contributed by atoms with Gasteiger partial charge in [0.25, 0.3) is 0 Å². The summed E-state index contributed by atoms with van der Waals surface area (Å²) >= 11 is 0. The highest BCUT2D eigenvalue weighted by Crippen LogP contribution is 2.15. The molecular formula is C14H19F3N4O. The largest absolute Gasteiger partial charge is 0.406 e. The molecule has 0 unspecified atom stereocenters. The summed E-state index contributed by atoms with van der Waals surface area (Å²) in [6, 6.07) is 7.44. The molecule has 1 amide bonds. The van der Waals surface area contributed by atoms with Gasteiger partial charge >= 0.3 is 6.18 Å². The number of rotatable bonds is 5. The van der Waals surface area contributed by atoms with Crippen LogP contribution in [-0.4, -0.2) is 43.1 Å². The Kier molecular flexibility index (Phi) is 6.21. The lowest BCUT2D eigenvalue weighted by Gasteiger charge is -2.17. The van der Waals surface area contributed by atoms with Crippen molar-refractivity contribution in [2.75, 3.05) is 25.5 Å². The minimum Gasteiger partial charge on any atom is -0.370 e. The number of nitrogens with two attached hydrogens (primary N) is 1. The summed E-state index contributed by atoms with van der Waals surface area (Å²) in [6.07, 6.45) is -3.52. The minimum atomic E-state index is -4.43. The van der Waals surface area contributed by atoms with E-state index in [-0.39, 0.29) is 5.96 Å². The van der Waals surface area contributed by atoms with Crippen molar-refractivity contribution in [2.45, 2.75) is 19.5 Å². The Labute approximate surface area is 127 Å². The highest BCUT2D eigenvalue weighted by Gasteiger charge is 2.30. The average Bonchev–Trinajstić information content (AvgIpc) is 2.43. The van der Waals surface area contributed by atoms with Gasteiger partial charge in [-0.25, -0.2) is 4.99 Å². The number of benzene rings is 1. The van der Waals surface area contributed by atoms with E-state index < -0.39 is 25.2 Å². The Hall–Kier alpha value is -2.25. The number of nitrogens with one attached hydrogen (secondary N) is 1. The number of carbonyl (C=O) groups excluding carboxylic acids is 1. The highest BCUT2D eigenvalue weighted by molar-refractivity contribution is 5.93. The van der Waals surface area contributed by atoms with Gasteiger partial charge in [0.1, 0.15) is 13.1 Å². The van der Waals surface area contributed by atoms with Gasteiger partial charge in [0.2, 0.25) is 5.91 Å². The van der Waals surface area contributed by atoms with Crippen LogP contribution in [0.25, 0.3) is 0 Å².